The molecule has 1 N–H and O–H groups in total. The predicted octanol–water partition coefficient (Wildman–Crippen LogP) is 3.34. The molecule has 4 rings (SSSR count). The summed E-state index contributed by atoms with van der Waals surface area (Å²) in [5.41, 5.74) is 3.80. The first-order valence-corrected chi connectivity index (χ1v) is 9.96. The number of hydrogen-bond donors (Lipinski definition) is 1. The number of fused-ring (bicyclic) bond motifs is 3. The van der Waals surface area contributed by atoms with E-state index >= 15 is 0 Å². The molecule has 1 aromatic heterocycles. The van der Waals surface area contributed by atoms with Gasteiger partial charge < -0.3 is 19.3 Å². The van der Waals surface area contributed by atoms with E-state index < -0.39 is 12.7 Å². The number of allylic oxidation sites excluding steroid dienone is 2. The molecule has 0 saturated carbocycles. The van der Waals surface area contributed by atoms with Gasteiger partial charge in [-0.3, -0.25) is 4.98 Å². The fourth-order valence-electron chi connectivity index (χ4n) is 4.38. The molecule has 2 atom stereocenters. The van der Waals surface area contributed by atoms with Gasteiger partial charge in [-0.2, -0.15) is 0 Å². The third-order valence-electron chi connectivity index (χ3n) is 5.57. The van der Waals surface area contributed by atoms with Crippen molar-refractivity contribution in [3.63, 3.8) is 0 Å². The molecule has 0 radical (unpaired) electrons. The highest BCUT2D eigenvalue weighted by Gasteiger charge is 2.38. The Kier molecular flexibility index (Phi) is 4.74. The molecular formula is C21H27BN2O4. The second kappa shape index (κ2) is 6.96. The quantitative estimate of drug-likeness (QED) is 0.755. The molecule has 2 aliphatic heterocycles. The summed E-state index contributed by atoms with van der Waals surface area (Å²) >= 11 is 0. The van der Waals surface area contributed by atoms with Gasteiger partial charge in [0.15, 0.2) is 0 Å². The van der Waals surface area contributed by atoms with Crippen molar-refractivity contribution in [3.8, 4) is 5.75 Å². The summed E-state index contributed by atoms with van der Waals surface area (Å²) in [6.07, 6.45) is 7.31. The van der Waals surface area contributed by atoms with Crippen molar-refractivity contribution in [3.05, 3.63) is 35.1 Å². The lowest BCUT2D eigenvalue weighted by Gasteiger charge is -2.40. The van der Waals surface area contributed by atoms with Crippen LogP contribution in [0.25, 0.3) is 11.6 Å². The van der Waals surface area contributed by atoms with Crippen LogP contribution in [0.15, 0.2) is 18.2 Å². The van der Waals surface area contributed by atoms with Crippen LogP contribution in [-0.4, -0.2) is 46.8 Å². The number of amides is 1. The summed E-state index contributed by atoms with van der Waals surface area (Å²) < 4.78 is 11.2. The van der Waals surface area contributed by atoms with Gasteiger partial charge in [-0.1, -0.05) is 19.1 Å². The zero-order valence-corrected chi connectivity index (χ0v) is 16.9. The van der Waals surface area contributed by atoms with Crippen LogP contribution in [0.2, 0.25) is 0 Å². The third kappa shape index (κ3) is 3.55. The molecule has 0 bridgehead atoms. The fraction of sp³-hybridized carbons (Fsp3) is 0.524. The van der Waals surface area contributed by atoms with Gasteiger partial charge in [0.2, 0.25) is 0 Å². The maximum atomic E-state index is 12.5. The lowest BCUT2D eigenvalue weighted by Crippen LogP contribution is -2.45. The molecule has 0 aromatic carbocycles. The van der Waals surface area contributed by atoms with E-state index in [0.717, 1.165) is 35.2 Å². The fourth-order valence-corrected chi connectivity index (χ4v) is 4.38. The molecule has 1 saturated heterocycles. The Morgan fingerprint density at radius 3 is 2.93 bits per heavy atom. The molecule has 1 aromatic rings. The van der Waals surface area contributed by atoms with Gasteiger partial charge in [0.25, 0.3) is 0 Å². The highest BCUT2D eigenvalue weighted by atomic mass is 16.6. The van der Waals surface area contributed by atoms with E-state index in [2.05, 4.69) is 24.1 Å². The van der Waals surface area contributed by atoms with Crippen molar-refractivity contribution in [2.24, 2.45) is 11.8 Å². The number of nitrogens with zero attached hydrogens (tertiary/aromatic N) is 2. The van der Waals surface area contributed by atoms with Gasteiger partial charge in [0, 0.05) is 30.6 Å². The molecule has 6 nitrogen and oxygen atoms in total. The first kappa shape index (κ1) is 19.1. The van der Waals surface area contributed by atoms with Crippen molar-refractivity contribution in [2.45, 2.75) is 46.1 Å². The Balaban J connectivity index is 1.59. The lowest BCUT2D eigenvalue weighted by molar-refractivity contribution is 0.0145. The topological polar surface area (TPSA) is 71.9 Å². The Morgan fingerprint density at radius 1 is 1.43 bits per heavy atom. The van der Waals surface area contributed by atoms with E-state index in [9.17, 15) is 9.82 Å². The van der Waals surface area contributed by atoms with E-state index in [4.69, 9.17) is 9.39 Å². The van der Waals surface area contributed by atoms with E-state index in [0.29, 0.717) is 18.8 Å². The largest absolute Gasteiger partial charge is 0.552 e. The number of pyridine rings is 1. The van der Waals surface area contributed by atoms with Crippen LogP contribution in [0, 0.1) is 11.8 Å². The first-order valence-electron chi connectivity index (χ1n) is 9.96. The van der Waals surface area contributed by atoms with Gasteiger partial charge >= 0.3 is 13.2 Å². The SMILES string of the molecule is CC1CN(C(=O)OC(C)(C)C)CCC1C1=CB(O)Oc2cnc3c(c21)C=CC3. The summed E-state index contributed by atoms with van der Waals surface area (Å²) in [4.78, 5) is 18.7. The number of rotatable bonds is 1. The molecule has 1 fully saturated rings. The number of aromatic nitrogens is 1. The van der Waals surface area contributed by atoms with Crippen molar-refractivity contribution < 1.29 is 19.2 Å². The number of hydrogen-bond acceptors (Lipinski definition) is 5. The van der Waals surface area contributed by atoms with E-state index in [-0.39, 0.29) is 17.9 Å². The molecule has 3 heterocycles. The Labute approximate surface area is 166 Å². The van der Waals surface area contributed by atoms with Gasteiger partial charge in [-0.25, -0.2) is 4.79 Å². The zero-order valence-electron chi connectivity index (χ0n) is 16.9. The molecular weight excluding hydrogens is 355 g/mol. The van der Waals surface area contributed by atoms with Crippen LogP contribution in [-0.2, 0) is 11.2 Å². The Hall–Kier alpha value is -2.28. The van der Waals surface area contributed by atoms with Crippen LogP contribution in [0.4, 0.5) is 4.79 Å². The van der Waals surface area contributed by atoms with Gasteiger partial charge in [-0.05, 0) is 50.6 Å². The third-order valence-corrected chi connectivity index (χ3v) is 5.57. The highest BCUT2D eigenvalue weighted by molar-refractivity contribution is 6.52. The minimum absolute atomic E-state index is 0.233. The van der Waals surface area contributed by atoms with Crippen LogP contribution in [0.3, 0.4) is 0 Å². The van der Waals surface area contributed by atoms with Crippen molar-refractivity contribution in [1.29, 1.82) is 0 Å². The number of ether oxygens (including phenoxy) is 1. The molecule has 148 valence electrons. The van der Waals surface area contributed by atoms with Crippen LogP contribution >= 0.6 is 0 Å². The minimum atomic E-state index is -0.969. The van der Waals surface area contributed by atoms with Gasteiger partial charge in [0.1, 0.15) is 11.4 Å². The van der Waals surface area contributed by atoms with E-state index in [1.165, 1.54) is 0 Å². The number of carbonyl (C=O) groups excluding carboxylic acids is 1. The maximum Gasteiger partial charge on any atom is 0.552 e. The normalized spacial score (nSPS) is 23.7. The van der Waals surface area contributed by atoms with Gasteiger partial charge in [-0.15, -0.1) is 0 Å². The second-order valence-electron chi connectivity index (χ2n) is 8.89. The standard InChI is InChI=1S/C21H27BN2O4/c1-13-12-24(20(25)27-21(2,3)4)9-8-14(13)16-10-22(26)28-18-11-23-17-7-5-6-15(17)19(16)18/h5-6,10-11,13-14,26H,7-9,12H2,1-4H3. The summed E-state index contributed by atoms with van der Waals surface area (Å²) in [6, 6.07) is 0. The van der Waals surface area contributed by atoms with Crippen LogP contribution in [0.1, 0.15) is 50.9 Å². The highest BCUT2D eigenvalue weighted by Crippen LogP contribution is 2.44. The number of likely N-dealkylation sites (tertiary alicyclic amines) is 1. The van der Waals surface area contributed by atoms with Crippen molar-refractivity contribution in [2.75, 3.05) is 13.1 Å². The monoisotopic (exact) mass is 382 g/mol. The zero-order chi connectivity index (χ0) is 20.1. The summed E-state index contributed by atoms with van der Waals surface area (Å²) in [5.74, 6) is 2.92. The number of carbonyl (C=O) groups is 1. The van der Waals surface area contributed by atoms with Crippen LogP contribution < -0.4 is 4.65 Å². The molecule has 7 heteroatoms. The average Bonchev–Trinajstić information content (AvgIpc) is 3.08. The smallest absolute Gasteiger partial charge is 0.531 e. The molecule has 1 amide bonds. The average molecular weight is 382 g/mol. The summed E-state index contributed by atoms with van der Waals surface area (Å²) in [5, 5.41) is 10.2. The Bertz CT molecular complexity index is 859. The first-order chi connectivity index (χ1) is 13.2. The molecule has 3 aliphatic rings. The molecule has 1 aliphatic carbocycles. The molecule has 2 unspecified atom stereocenters. The minimum Gasteiger partial charge on any atom is -0.531 e. The maximum absolute atomic E-state index is 12.5. The van der Waals surface area contributed by atoms with Gasteiger partial charge in [0.05, 0.1) is 11.9 Å². The van der Waals surface area contributed by atoms with E-state index in [1.807, 2.05) is 26.7 Å². The predicted molar refractivity (Wildman–Crippen MR) is 109 cm³/mol. The molecule has 0 spiro atoms. The van der Waals surface area contributed by atoms with E-state index in [1.54, 1.807) is 11.1 Å². The Morgan fingerprint density at radius 2 is 2.21 bits per heavy atom. The lowest BCUT2D eigenvalue weighted by atomic mass is 9.71. The molecule has 28 heavy (non-hydrogen) atoms. The second-order valence-corrected chi connectivity index (χ2v) is 8.89. The summed E-state index contributed by atoms with van der Waals surface area (Å²) in [7, 11) is -0.969. The number of piperidine rings is 1. The van der Waals surface area contributed by atoms with Crippen molar-refractivity contribution in [1.82, 2.24) is 9.88 Å². The van der Waals surface area contributed by atoms with Crippen LogP contribution in [0.5, 0.6) is 5.75 Å². The van der Waals surface area contributed by atoms with Crippen molar-refractivity contribution >= 4 is 24.9 Å². The summed E-state index contributed by atoms with van der Waals surface area (Å²) in [6.45, 7) is 9.07.